The van der Waals surface area contributed by atoms with E-state index >= 15 is 0 Å². The maximum absolute atomic E-state index is 14.1. The Bertz CT molecular complexity index is 1960. The van der Waals surface area contributed by atoms with E-state index in [0.29, 0.717) is 31.3 Å². The monoisotopic (exact) mass is 580 g/mol. The Kier molecular flexibility index (Phi) is 7.26. The van der Waals surface area contributed by atoms with Gasteiger partial charge in [-0.1, -0.05) is 83.6 Å². The number of carbonyl (C=O) groups excluding carboxylic acids is 1. The van der Waals surface area contributed by atoms with Gasteiger partial charge in [-0.3, -0.25) is 9.36 Å². The van der Waals surface area contributed by atoms with E-state index in [1.54, 1.807) is 23.1 Å². The molecule has 2 aromatic heterocycles. The van der Waals surface area contributed by atoms with Crippen LogP contribution in [-0.4, -0.2) is 26.9 Å². The number of benzene rings is 3. The second-order valence-corrected chi connectivity index (χ2v) is 10.9. The van der Waals surface area contributed by atoms with Crippen molar-refractivity contribution in [3.8, 4) is 16.9 Å². The number of aromatic nitrogens is 3. The van der Waals surface area contributed by atoms with Crippen molar-refractivity contribution in [2.75, 3.05) is 6.61 Å². The second-order valence-electron chi connectivity index (χ2n) is 9.43. The van der Waals surface area contributed by atoms with E-state index in [1.807, 2.05) is 97.2 Å². The van der Waals surface area contributed by atoms with E-state index in [-0.39, 0.29) is 12.2 Å². The first kappa shape index (κ1) is 26.7. The lowest BCUT2D eigenvalue weighted by Gasteiger charge is -2.24. The summed E-state index contributed by atoms with van der Waals surface area (Å²) in [6.45, 7) is 3.76. The largest absolute Gasteiger partial charge is 0.463 e. The molecule has 5 aromatic rings. The van der Waals surface area contributed by atoms with Crippen molar-refractivity contribution >= 4 is 35.0 Å². The number of nitrogens with zero attached hydrogens (tertiary/aromatic N) is 4. The Morgan fingerprint density at radius 1 is 1.02 bits per heavy atom. The molecular weight excluding hydrogens is 556 g/mol. The third-order valence-corrected chi connectivity index (χ3v) is 8.03. The standard InChI is InChI=1S/C32H25ClN4O3S/c1-3-40-31(39)27-20(2)34-32-37(29(27)22-10-6-4-7-11-22)30(38)26(41-32)18-23-19-36(25-12-8-5-9-13-25)35-28(23)21-14-16-24(33)17-15-21/h4-19,29H,3H2,1-2H3/b26-18+/t29-/m1/s1. The van der Waals surface area contributed by atoms with Crippen molar-refractivity contribution in [3.05, 3.63) is 138 Å². The van der Waals surface area contributed by atoms with Crippen LogP contribution in [0.5, 0.6) is 0 Å². The number of fused-ring (bicyclic) bond motifs is 1. The van der Waals surface area contributed by atoms with Crippen molar-refractivity contribution in [3.63, 3.8) is 0 Å². The molecule has 1 aliphatic heterocycles. The predicted molar refractivity (Wildman–Crippen MR) is 161 cm³/mol. The van der Waals surface area contributed by atoms with Crippen LogP contribution >= 0.6 is 22.9 Å². The number of thiazole rings is 1. The average Bonchev–Trinajstić information content (AvgIpc) is 3.54. The highest BCUT2D eigenvalue weighted by Gasteiger charge is 2.33. The quantitative estimate of drug-likeness (QED) is 0.255. The van der Waals surface area contributed by atoms with Crippen LogP contribution in [0.2, 0.25) is 5.02 Å². The molecule has 0 radical (unpaired) electrons. The molecule has 204 valence electrons. The Morgan fingerprint density at radius 2 is 1.71 bits per heavy atom. The molecule has 0 unspecified atom stereocenters. The molecule has 0 N–H and O–H groups in total. The fourth-order valence-corrected chi connectivity index (χ4v) is 6.08. The molecule has 0 saturated carbocycles. The van der Waals surface area contributed by atoms with Crippen LogP contribution in [0.3, 0.4) is 0 Å². The lowest BCUT2D eigenvalue weighted by molar-refractivity contribution is -0.139. The van der Waals surface area contributed by atoms with Crippen LogP contribution in [0, 0.1) is 0 Å². The summed E-state index contributed by atoms with van der Waals surface area (Å²) in [4.78, 5) is 32.4. The minimum atomic E-state index is -0.656. The molecule has 1 atom stereocenters. The summed E-state index contributed by atoms with van der Waals surface area (Å²) in [6, 6.07) is 26.1. The van der Waals surface area contributed by atoms with Gasteiger partial charge in [0.1, 0.15) is 5.69 Å². The molecule has 3 aromatic carbocycles. The molecule has 1 aliphatic rings. The average molecular weight is 581 g/mol. The second kappa shape index (κ2) is 11.2. The predicted octanol–water partition coefficient (Wildman–Crippen LogP) is 5.30. The van der Waals surface area contributed by atoms with Crippen molar-refractivity contribution in [2.45, 2.75) is 19.9 Å². The number of hydrogen-bond acceptors (Lipinski definition) is 6. The van der Waals surface area contributed by atoms with Gasteiger partial charge < -0.3 is 4.74 Å². The van der Waals surface area contributed by atoms with Gasteiger partial charge in [0.2, 0.25) is 0 Å². The van der Waals surface area contributed by atoms with Gasteiger partial charge in [-0.05, 0) is 49.8 Å². The number of carbonyl (C=O) groups is 1. The Hall–Kier alpha value is -4.53. The summed E-state index contributed by atoms with van der Waals surface area (Å²) < 4.78 is 9.25. The number of allylic oxidation sites excluding steroid dienone is 1. The van der Waals surface area contributed by atoms with E-state index in [1.165, 1.54) is 11.3 Å². The zero-order valence-corrected chi connectivity index (χ0v) is 23.9. The molecule has 7 nitrogen and oxygen atoms in total. The molecule has 0 spiro atoms. The van der Waals surface area contributed by atoms with Gasteiger partial charge in [0.25, 0.3) is 5.56 Å². The van der Waals surface area contributed by atoms with Gasteiger partial charge in [-0.2, -0.15) is 5.10 Å². The van der Waals surface area contributed by atoms with Crippen molar-refractivity contribution in [2.24, 2.45) is 4.99 Å². The fraction of sp³-hybridized carbons (Fsp3) is 0.125. The zero-order valence-electron chi connectivity index (χ0n) is 22.3. The maximum Gasteiger partial charge on any atom is 0.338 e. The lowest BCUT2D eigenvalue weighted by Crippen LogP contribution is -2.39. The molecule has 9 heteroatoms. The van der Waals surface area contributed by atoms with E-state index in [2.05, 4.69) is 4.99 Å². The van der Waals surface area contributed by atoms with Gasteiger partial charge >= 0.3 is 5.97 Å². The first-order valence-corrected chi connectivity index (χ1v) is 14.3. The Balaban J connectivity index is 1.56. The Morgan fingerprint density at radius 3 is 2.39 bits per heavy atom. The Labute approximate surface area is 245 Å². The number of para-hydroxylation sites is 1. The smallest absolute Gasteiger partial charge is 0.338 e. The summed E-state index contributed by atoms with van der Waals surface area (Å²) in [6.07, 6.45) is 3.74. The zero-order chi connectivity index (χ0) is 28.5. The normalized spacial score (nSPS) is 15.0. The number of rotatable bonds is 6. The summed E-state index contributed by atoms with van der Waals surface area (Å²) in [5, 5.41) is 5.49. The van der Waals surface area contributed by atoms with E-state index in [9.17, 15) is 9.59 Å². The lowest BCUT2D eigenvalue weighted by atomic mass is 9.96. The van der Waals surface area contributed by atoms with Crippen LogP contribution in [0.4, 0.5) is 0 Å². The number of halogens is 1. The summed E-state index contributed by atoms with van der Waals surface area (Å²) in [7, 11) is 0. The van der Waals surface area contributed by atoms with Gasteiger partial charge in [-0.15, -0.1) is 0 Å². The third kappa shape index (κ3) is 5.08. The van der Waals surface area contributed by atoms with Crippen molar-refractivity contribution < 1.29 is 9.53 Å². The van der Waals surface area contributed by atoms with Crippen LogP contribution in [0.25, 0.3) is 23.0 Å². The van der Waals surface area contributed by atoms with E-state index < -0.39 is 12.0 Å². The molecule has 0 aliphatic carbocycles. The maximum atomic E-state index is 14.1. The number of esters is 1. The minimum Gasteiger partial charge on any atom is -0.463 e. The first-order chi connectivity index (χ1) is 19.9. The minimum absolute atomic E-state index is 0.223. The molecule has 0 bridgehead atoms. The van der Waals surface area contributed by atoms with Crippen molar-refractivity contribution in [1.82, 2.24) is 14.3 Å². The summed E-state index contributed by atoms with van der Waals surface area (Å²) in [5.74, 6) is -0.481. The summed E-state index contributed by atoms with van der Waals surface area (Å²) in [5.41, 5.74) is 4.67. The first-order valence-electron chi connectivity index (χ1n) is 13.1. The number of ether oxygens (including phenoxy) is 1. The van der Waals surface area contributed by atoms with Crippen LogP contribution in [0.15, 0.2) is 112 Å². The van der Waals surface area contributed by atoms with Gasteiger partial charge in [0.15, 0.2) is 4.80 Å². The highest BCUT2D eigenvalue weighted by molar-refractivity contribution is 7.07. The van der Waals surface area contributed by atoms with Crippen LogP contribution in [0.1, 0.15) is 31.0 Å². The molecule has 3 heterocycles. The number of hydrogen-bond donors (Lipinski definition) is 0. The highest BCUT2D eigenvalue weighted by atomic mass is 35.5. The van der Waals surface area contributed by atoms with Crippen LogP contribution in [-0.2, 0) is 9.53 Å². The summed E-state index contributed by atoms with van der Waals surface area (Å²) >= 11 is 7.44. The molecule has 41 heavy (non-hydrogen) atoms. The van der Waals surface area contributed by atoms with Gasteiger partial charge in [-0.25, -0.2) is 14.5 Å². The topological polar surface area (TPSA) is 78.5 Å². The fourth-order valence-electron chi connectivity index (χ4n) is 4.92. The van der Waals surface area contributed by atoms with Gasteiger partial charge in [0, 0.05) is 22.3 Å². The van der Waals surface area contributed by atoms with Gasteiger partial charge in [0.05, 0.1) is 34.1 Å². The third-order valence-electron chi connectivity index (χ3n) is 6.80. The highest BCUT2D eigenvalue weighted by Crippen LogP contribution is 2.31. The van der Waals surface area contributed by atoms with Crippen LogP contribution < -0.4 is 14.9 Å². The molecule has 0 fully saturated rings. The van der Waals surface area contributed by atoms with E-state index in [4.69, 9.17) is 21.4 Å². The molecule has 0 saturated heterocycles. The molecule has 0 amide bonds. The van der Waals surface area contributed by atoms with E-state index in [0.717, 1.165) is 22.4 Å². The molecule has 6 rings (SSSR count). The van der Waals surface area contributed by atoms with Crippen molar-refractivity contribution in [1.29, 1.82) is 0 Å². The molecular formula is C32H25ClN4O3S. The SMILES string of the molecule is CCOC(=O)C1=C(C)N=c2s/c(=C/c3cn(-c4ccccc4)nc3-c3ccc(Cl)cc3)c(=O)n2[C@@H]1c1ccccc1.